The van der Waals surface area contributed by atoms with Crippen LogP contribution in [-0.4, -0.2) is 57.1 Å². The summed E-state index contributed by atoms with van der Waals surface area (Å²) in [6.07, 6.45) is 1.22. The lowest BCUT2D eigenvalue weighted by Crippen LogP contribution is -2.40. The number of ether oxygens (including phenoxy) is 1. The van der Waals surface area contributed by atoms with Gasteiger partial charge in [0.15, 0.2) is 5.82 Å². The summed E-state index contributed by atoms with van der Waals surface area (Å²) in [5.74, 6) is -0.00159. The normalized spacial score (nSPS) is 21.4. The van der Waals surface area contributed by atoms with Crippen LogP contribution in [0, 0.1) is 11.8 Å². The van der Waals surface area contributed by atoms with Crippen molar-refractivity contribution in [3.63, 3.8) is 0 Å². The van der Waals surface area contributed by atoms with E-state index in [0.717, 1.165) is 0 Å². The van der Waals surface area contributed by atoms with E-state index >= 15 is 0 Å². The Balaban J connectivity index is 1.32. The van der Waals surface area contributed by atoms with Crippen molar-refractivity contribution in [1.29, 1.82) is 0 Å². The number of likely N-dealkylation sites (tertiary alicyclic amines) is 1. The molecule has 1 aromatic carbocycles. The second-order valence-corrected chi connectivity index (χ2v) is 10.5. The number of amides is 3. The molecule has 0 bridgehead atoms. The van der Waals surface area contributed by atoms with Crippen LogP contribution < -0.4 is 10.6 Å². The second-order valence-electron chi connectivity index (χ2n) is 9.32. The highest BCUT2D eigenvalue weighted by Crippen LogP contribution is 2.46. The van der Waals surface area contributed by atoms with Crippen molar-refractivity contribution in [2.75, 3.05) is 18.4 Å². The molecule has 0 spiro atoms. The first-order valence-electron chi connectivity index (χ1n) is 10.5. The van der Waals surface area contributed by atoms with Crippen LogP contribution >= 0.6 is 27.5 Å². The van der Waals surface area contributed by atoms with E-state index < -0.39 is 11.5 Å². The molecule has 9 nitrogen and oxygen atoms in total. The van der Waals surface area contributed by atoms with Crippen molar-refractivity contribution < 1.29 is 19.1 Å². The summed E-state index contributed by atoms with van der Waals surface area (Å²) in [5, 5.41) is 5.97. The third-order valence-corrected chi connectivity index (χ3v) is 6.80. The van der Waals surface area contributed by atoms with E-state index in [1.54, 1.807) is 28.6 Å². The molecule has 2 fully saturated rings. The predicted octanol–water partition coefficient (Wildman–Crippen LogP) is 3.68. The number of nitrogens with zero attached hydrogens (tertiary/aromatic N) is 3. The summed E-state index contributed by atoms with van der Waals surface area (Å²) in [4.78, 5) is 43.1. The standard InChI is InChI=1S/C22H25BrClN5O4/c1-22(2,3)33-21(32)29-9-13-14(10-29)17(13)27-19(30)12-6-5-11(7-15(12)24)26-20(31)18-25-8-16(23)28(18)4/h5-8,13-14,17H,9-10H2,1-4H3,(H,26,31)(H,27,30)/t13-,14+,17?. The maximum atomic E-state index is 12.7. The summed E-state index contributed by atoms with van der Waals surface area (Å²) in [6.45, 7) is 6.63. The molecule has 176 valence electrons. The van der Waals surface area contributed by atoms with Gasteiger partial charge in [-0.3, -0.25) is 9.59 Å². The van der Waals surface area contributed by atoms with E-state index in [0.29, 0.717) is 28.9 Å². The van der Waals surface area contributed by atoms with Gasteiger partial charge in [0, 0.05) is 43.7 Å². The molecule has 2 N–H and O–H groups in total. The maximum absolute atomic E-state index is 12.7. The zero-order chi connectivity index (χ0) is 24.1. The number of rotatable bonds is 4. The first-order valence-corrected chi connectivity index (χ1v) is 11.7. The van der Waals surface area contributed by atoms with Crippen molar-refractivity contribution in [3.8, 4) is 0 Å². The van der Waals surface area contributed by atoms with Crippen LogP contribution in [0.2, 0.25) is 5.02 Å². The molecule has 1 saturated heterocycles. The first-order chi connectivity index (χ1) is 15.4. The van der Waals surface area contributed by atoms with Gasteiger partial charge in [-0.05, 0) is 54.9 Å². The van der Waals surface area contributed by atoms with Gasteiger partial charge in [0.2, 0.25) is 0 Å². The predicted molar refractivity (Wildman–Crippen MR) is 126 cm³/mol. The Morgan fingerprint density at radius 1 is 1.18 bits per heavy atom. The molecule has 1 aliphatic heterocycles. The van der Waals surface area contributed by atoms with Gasteiger partial charge in [-0.2, -0.15) is 0 Å². The Hall–Kier alpha value is -2.59. The van der Waals surface area contributed by atoms with E-state index in [1.165, 1.54) is 12.3 Å². The summed E-state index contributed by atoms with van der Waals surface area (Å²) in [7, 11) is 1.71. The van der Waals surface area contributed by atoms with Crippen LogP contribution in [0.3, 0.4) is 0 Å². The van der Waals surface area contributed by atoms with E-state index in [1.807, 2.05) is 20.8 Å². The number of nitrogens with one attached hydrogen (secondary N) is 2. The molecule has 11 heteroatoms. The van der Waals surface area contributed by atoms with E-state index in [-0.39, 0.29) is 40.7 Å². The number of carbonyl (C=O) groups excluding carboxylic acids is 3. The molecule has 2 heterocycles. The summed E-state index contributed by atoms with van der Waals surface area (Å²) in [5.41, 5.74) is 0.244. The number of carbonyl (C=O) groups is 3. The fourth-order valence-electron chi connectivity index (χ4n) is 4.01. The van der Waals surface area contributed by atoms with Gasteiger partial charge in [0.05, 0.1) is 16.8 Å². The fourth-order valence-corrected chi connectivity index (χ4v) is 4.55. The molecule has 2 aromatic rings. The zero-order valence-corrected chi connectivity index (χ0v) is 21.0. The molecule has 1 saturated carbocycles. The lowest BCUT2D eigenvalue weighted by atomic mass is 10.2. The third-order valence-electron chi connectivity index (χ3n) is 5.75. The Kier molecular flexibility index (Phi) is 6.17. The largest absolute Gasteiger partial charge is 0.444 e. The number of halogens is 2. The average molecular weight is 539 g/mol. The monoisotopic (exact) mass is 537 g/mol. The lowest BCUT2D eigenvalue weighted by Gasteiger charge is -2.26. The second kappa shape index (κ2) is 8.64. The maximum Gasteiger partial charge on any atom is 0.410 e. The Bertz CT molecular complexity index is 1120. The van der Waals surface area contributed by atoms with Crippen molar-refractivity contribution >= 4 is 51.1 Å². The molecule has 1 unspecified atom stereocenters. The van der Waals surface area contributed by atoms with Crippen LogP contribution in [0.25, 0.3) is 0 Å². The minimum atomic E-state index is -0.534. The summed E-state index contributed by atoms with van der Waals surface area (Å²) < 4.78 is 7.70. The van der Waals surface area contributed by atoms with E-state index in [4.69, 9.17) is 16.3 Å². The number of aromatic nitrogens is 2. The lowest BCUT2D eigenvalue weighted by molar-refractivity contribution is 0.0270. The minimum absolute atomic E-state index is 0.00787. The average Bonchev–Trinajstić information content (AvgIpc) is 3.02. The highest BCUT2D eigenvalue weighted by molar-refractivity contribution is 9.10. The number of benzene rings is 1. The van der Waals surface area contributed by atoms with Gasteiger partial charge < -0.3 is 24.8 Å². The first kappa shape index (κ1) is 23.6. The van der Waals surface area contributed by atoms with Gasteiger partial charge >= 0.3 is 6.09 Å². The number of piperidine rings is 1. The number of fused-ring (bicyclic) bond motifs is 1. The van der Waals surface area contributed by atoms with Crippen molar-refractivity contribution in [3.05, 3.63) is 45.4 Å². The molecular weight excluding hydrogens is 514 g/mol. The molecule has 3 atom stereocenters. The molecule has 0 radical (unpaired) electrons. The van der Waals surface area contributed by atoms with Crippen LogP contribution in [0.5, 0.6) is 0 Å². The molecule has 4 rings (SSSR count). The smallest absolute Gasteiger partial charge is 0.410 e. The molecule has 1 aromatic heterocycles. The molecule has 3 amide bonds. The number of anilines is 1. The van der Waals surface area contributed by atoms with Crippen LogP contribution in [0.4, 0.5) is 10.5 Å². The minimum Gasteiger partial charge on any atom is -0.444 e. The van der Waals surface area contributed by atoms with Gasteiger partial charge in [-0.25, -0.2) is 9.78 Å². The van der Waals surface area contributed by atoms with Crippen molar-refractivity contribution in [2.45, 2.75) is 32.4 Å². The van der Waals surface area contributed by atoms with Gasteiger partial charge in [0.25, 0.3) is 11.8 Å². The van der Waals surface area contributed by atoms with Crippen molar-refractivity contribution in [1.82, 2.24) is 19.8 Å². The Morgan fingerprint density at radius 3 is 2.39 bits per heavy atom. The number of hydrogen-bond acceptors (Lipinski definition) is 5. The van der Waals surface area contributed by atoms with Gasteiger partial charge in [-0.15, -0.1) is 0 Å². The molecule has 1 aliphatic carbocycles. The summed E-state index contributed by atoms with van der Waals surface area (Å²) in [6, 6.07) is 4.74. The molecule has 2 aliphatic rings. The Morgan fingerprint density at radius 2 is 1.85 bits per heavy atom. The number of hydrogen-bond donors (Lipinski definition) is 2. The fraction of sp³-hybridized carbons (Fsp3) is 0.455. The quantitative estimate of drug-likeness (QED) is 0.618. The SMILES string of the molecule is Cn1c(Br)cnc1C(=O)Nc1ccc(C(=O)NC2[C@H]3CN(C(=O)OC(C)(C)C)C[C@@H]23)c(Cl)c1. The molecule has 33 heavy (non-hydrogen) atoms. The summed E-state index contributed by atoms with van der Waals surface area (Å²) >= 11 is 9.63. The van der Waals surface area contributed by atoms with Crippen LogP contribution in [0.15, 0.2) is 29.0 Å². The topological polar surface area (TPSA) is 106 Å². The van der Waals surface area contributed by atoms with E-state index in [9.17, 15) is 14.4 Å². The van der Waals surface area contributed by atoms with Gasteiger partial charge in [-0.1, -0.05) is 11.6 Å². The van der Waals surface area contributed by atoms with Gasteiger partial charge in [0.1, 0.15) is 10.2 Å². The highest BCUT2D eigenvalue weighted by atomic mass is 79.9. The highest BCUT2D eigenvalue weighted by Gasteiger charge is 2.58. The Labute approximate surface area is 204 Å². The number of imidazole rings is 1. The van der Waals surface area contributed by atoms with E-state index in [2.05, 4.69) is 31.5 Å². The zero-order valence-electron chi connectivity index (χ0n) is 18.7. The van der Waals surface area contributed by atoms with Crippen LogP contribution in [0.1, 0.15) is 41.7 Å². The third kappa shape index (κ3) is 5.01. The molecular formula is C22H25BrClN5O4. The van der Waals surface area contributed by atoms with Crippen molar-refractivity contribution in [2.24, 2.45) is 18.9 Å². The van der Waals surface area contributed by atoms with Crippen LogP contribution in [-0.2, 0) is 11.8 Å².